The Bertz CT molecular complexity index is 2670. The molecule has 1 unspecified atom stereocenters. The third kappa shape index (κ3) is 13.3. The van der Waals surface area contributed by atoms with Crippen LogP contribution >= 0.6 is 57.5 Å². The maximum atomic E-state index is 13.0. The number of fused-ring (bicyclic) bond motifs is 1. The Balaban J connectivity index is 0.000000200. The summed E-state index contributed by atoms with van der Waals surface area (Å²) in [5.74, 6) is -2.40. The first kappa shape index (κ1) is 50.1. The third-order valence-electron chi connectivity index (χ3n) is 11.8. The smallest absolute Gasteiger partial charge is 0.255 e. The highest BCUT2D eigenvalue weighted by atomic mass is 35.5. The number of thiazole rings is 1. The van der Waals surface area contributed by atoms with Crippen molar-refractivity contribution in [3.8, 4) is 0 Å². The SMILES string of the molecule is O=C(CCc1ccc(Cc2cccc(Cl)c2)s1)[C@H](O)[C@@H](O)C(=O)N1CCCC1c1cccc(Cl)c1.O=C(CCc1ncc(Cc2ccccc2Cl)s1)[C@H](O)[C@@H](O)C(=O)N1Cc2ccccc2C1. The summed E-state index contributed by atoms with van der Waals surface area (Å²) in [6.45, 7) is 1.18. The van der Waals surface area contributed by atoms with Gasteiger partial charge in [-0.3, -0.25) is 19.2 Å². The van der Waals surface area contributed by atoms with Gasteiger partial charge in [-0.1, -0.05) is 102 Å². The number of thiophene rings is 1. The van der Waals surface area contributed by atoms with Crippen LogP contribution in [0.5, 0.6) is 0 Å². The van der Waals surface area contributed by atoms with Crippen molar-refractivity contribution in [2.24, 2.45) is 0 Å². The Labute approximate surface area is 412 Å². The van der Waals surface area contributed by atoms with E-state index < -0.39 is 47.8 Å². The Morgan fingerprint density at radius 2 is 1.27 bits per heavy atom. The lowest BCUT2D eigenvalue weighted by Crippen LogP contribution is -2.47. The number of rotatable bonds is 17. The highest BCUT2D eigenvalue weighted by molar-refractivity contribution is 7.12. The van der Waals surface area contributed by atoms with E-state index in [-0.39, 0.29) is 18.9 Å². The fourth-order valence-electron chi connectivity index (χ4n) is 8.21. The summed E-state index contributed by atoms with van der Waals surface area (Å²) >= 11 is 21.4. The van der Waals surface area contributed by atoms with Gasteiger partial charge < -0.3 is 30.2 Å². The third-order valence-corrected chi connectivity index (χ3v) is 14.8. The number of aliphatic hydroxyl groups excluding tert-OH is 4. The van der Waals surface area contributed by atoms with Crippen LogP contribution in [0.1, 0.15) is 79.2 Å². The van der Waals surface area contributed by atoms with Crippen molar-refractivity contribution in [3.63, 3.8) is 0 Å². The molecule has 16 heteroatoms. The molecular weight excluding hydrogens is 953 g/mol. The van der Waals surface area contributed by atoms with E-state index in [4.69, 9.17) is 34.8 Å². The fourth-order valence-corrected chi connectivity index (χ4v) is 10.8. The number of carbonyl (C=O) groups excluding carboxylic acids is 4. The van der Waals surface area contributed by atoms with E-state index in [0.717, 1.165) is 66.7 Å². The number of amides is 2. The molecule has 8 rings (SSSR count). The second kappa shape index (κ2) is 23.5. The largest absolute Gasteiger partial charge is 0.382 e. The van der Waals surface area contributed by atoms with Gasteiger partial charge in [-0.2, -0.15) is 0 Å². The molecule has 350 valence electrons. The summed E-state index contributed by atoms with van der Waals surface area (Å²) in [6.07, 6.45) is -1.61. The monoisotopic (exact) mass is 1000 g/mol. The Morgan fingerprint density at radius 3 is 1.96 bits per heavy atom. The summed E-state index contributed by atoms with van der Waals surface area (Å²) in [5, 5.41) is 44.2. The Kier molecular flexibility index (Phi) is 17.5. The molecule has 11 nitrogen and oxygen atoms in total. The van der Waals surface area contributed by atoms with Crippen LogP contribution in [-0.2, 0) is 58.0 Å². The zero-order chi connectivity index (χ0) is 47.6. The molecule has 0 aliphatic carbocycles. The minimum atomic E-state index is -1.79. The van der Waals surface area contributed by atoms with Crippen LogP contribution in [0.3, 0.4) is 0 Å². The predicted octanol–water partition coefficient (Wildman–Crippen LogP) is 8.39. The first-order chi connectivity index (χ1) is 32.2. The van der Waals surface area contributed by atoms with Gasteiger partial charge in [0.05, 0.1) is 11.0 Å². The number of hydrogen-bond donors (Lipinski definition) is 4. The van der Waals surface area contributed by atoms with Gasteiger partial charge in [0.25, 0.3) is 11.8 Å². The maximum absolute atomic E-state index is 13.0. The number of halogens is 3. The van der Waals surface area contributed by atoms with E-state index in [9.17, 15) is 39.6 Å². The first-order valence-corrected chi connectivity index (χ1v) is 24.7. The fraction of sp³-hybridized carbons (Fsp3) is 0.314. The zero-order valence-electron chi connectivity index (χ0n) is 36.3. The van der Waals surface area contributed by atoms with E-state index in [1.165, 1.54) is 21.1 Å². The second-order valence-electron chi connectivity index (χ2n) is 16.6. The number of hydrogen-bond acceptors (Lipinski definition) is 11. The minimum Gasteiger partial charge on any atom is -0.382 e. The molecule has 2 aliphatic heterocycles. The normalized spacial score (nSPS) is 16.1. The minimum absolute atomic E-state index is 0.00915. The summed E-state index contributed by atoms with van der Waals surface area (Å²) in [7, 11) is 0. The summed E-state index contributed by atoms with van der Waals surface area (Å²) in [6, 6.07) is 33.9. The standard InChI is InChI=1S/C27H27Cl2NO4S.C24H23ClN2O4S/c28-19-6-1-4-17(14-19)15-22-10-9-21(35-22)11-12-24(31)25(32)26(33)27(34)30-13-3-8-23(30)18-5-2-7-20(29)16-18;25-19-8-4-3-5-15(19)11-18-12-26-21(32-18)10-9-20(28)22(29)23(30)24(31)27-13-16-6-1-2-7-17(16)14-27/h1-2,4-7,9-10,14,16,23,25-26,32-33H,3,8,11-13,15H2;1-8,12,22-23,29-30H,9-11,13-14H2/t23?,25-,26+;22-,23+/m00/s1. The van der Waals surface area contributed by atoms with Crippen molar-refractivity contribution in [3.05, 3.63) is 178 Å². The number of aryl methyl sites for hydroxylation is 2. The number of nitrogens with zero attached hydrogens (tertiary/aromatic N) is 3. The molecule has 0 radical (unpaired) electrons. The summed E-state index contributed by atoms with van der Waals surface area (Å²) in [4.78, 5) is 61.1. The molecule has 67 heavy (non-hydrogen) atoms. The van der Waals surface area contributed by atoms with E-state index in [1.807, 2.05) is 97.1 Å². The molecule has 4 aromatic carbocycles. The maximum Gasteiger partial charge on any atom is 0.255 e. The van der Waals surface area contributed by atoms with Crippen LogP contribution in [0.4, 0.5) is 0 Å². The number of carbonyl (C=O) groups is 4. The molecule has 2 aromatic heterocycles. The van der Waals surface area contributed by atoms with Crippen LogP contribution in [0.2, 0.25) is 15.1 Å². The van der Waals surface area contributed by atoms with Gasteiger partial charge in [0.1, 0.15) is 12.2 Å². The van der Waals surface area contributed by atoms with Gasteiger partial charge in [-0.25, -0.2) is 4.98 Å². The molecule has 1 fully saturated rings. The van der Waals surface area contributed by atoms with Crippen LogP contribution in [0.25, 0.3) is 0 Å². The van der Waals surface area contributed by atoms with Crippen molar-refractivity contribution in [2.75, 3.05) is 6.54 Å². The lowest BCUT2D eigenvalue weighted by Gasteiger charge is -2.28. The van der Waals surface area contributed by atoms with Gasteiger partial charge >= 0.3 is 0 Å². The van der Waals surface area contributed by atoms with Crippen LogP contribution in [0, 0.1) is 0 Å². The number of aliphatic hydroxyl groups is 4. The van der Waals surface area contributed by atoms with Crippen LogP contribution in [0.15, 0.2) is 115 Å². The average molecular weight is 1000 g/mol. The quantitative estimate of drug-likeness (QED) is 0.0702. The predicted molar refractivity (Wildman–Crippen MR) is 261 cm³/mol. The summed E-state index contributed by atoms with van der Waals surface area (Å²) < 4.78 is 0. The second-order valence-corrected chi connectivity index (χ2v) is 20.3. The Morgan fingerprint density at radius 1 is 0.642 bits per heavy atom. The number of Topliss-reactive ketones (excluding diaryl/α,β-unsaturated/α-hetero) is 2. The van der Waals surface area contributed by atoms with Gasteiger partial charge in [0.2, 0.25) is 0 Å². The molecule has 2 amide bonds. The van der Waals surface area contributed by atoms with Gasteiger partial charge in [0.15, 0.2) is 23.8 Å². The summed E-state index contributed by atoms with van der Waals surface area (Å²) in [5.41, 5.74) is 5.00. The molecule has 5 atom stereocenters. The van der Waals surface area contributed by atoms with Crippen molar-refractivity contribution in [1.29, 1.82) is 0 Å². The molecule has 4 heterocycles. The first-order valence-electron chi connectivity index (χ1n) is 21.9. The van der Waals surface area contributed by atoms with Crippen molar-refractivity contribution >= 4 is 80.9 Å². The van der Waals surface area contributed by atoms with Crippen LogP contribution < -0.4 is 0 Å². The molecule has 6 aromatic rings. The lowest BCUT2D eigenvalue weighted by atomic mass is 10.0. The Hall–Kier alpha value is -4.80. The van der Waals surface area contributed by atoms with Gasteiger partial charge in [0, 0.05) is 87.6 Å². The van der Waals surface area contributed by atoms with E-state index in [1.54, 1.807) is 29.7 Å². The number of ketones is 2. The van der Waals surface area contributed by atoms with E-state index in [0.29, 0.717) is 54.0 Å². The van der Waals surface area contributed by atoms with Crippen molar-refractivity contribution in [2.45, 2.75) is 94.9 Å². The van der Waals surface area contributed by atoms with Crippen molar-refractivity contribution in [1.82, 2.24) is 14.8 Å². The number of likely N-dealkylation sites (tertiary alicyclic amines) is 1. The van der Waals surface area contributed by atoms with E-state index >= 15 is 0 Å². The van der Waals surface area contributed by atoms with Crippen molar-refractivity contribution < 1.29 is 39.6 Å². The molecule has 4 N–H and O–H groups in total. The molecule has 0 spiro atoms. The van der Waals surface area contributed by atoms with E-state index in [2.05, 4.69) is 4.98 Å². The number of benzene rings is 4. The van der Waals surface area contributed by atoms with Gasteiger partial charge in [-0.15, -0.1) is 22.7 Å². The highest BCUT2D eigenvalue weighted by Crippen LogP contribution is 2.34. The topological polar surface area (TPSA) is 169 Å². The zero-order valence-corrected chi connectivity index (χ0v) is 40.2. The molecule has 0 saturated carbocycles. The number of aromatic nitrogens is 1. The average Bonchev–Trinajstić information content (AvgIpc) is 4.17. The highest BCUT2D eigenvalue weighted by Gasteiger charge is 2.39. The molecule has 1 saturated heterocycles. The lowest BCUT2D eigenvalue weighted by molar-refractivity contribution is -0.153. The molecular formula is C51H50Cl3N3O8S2. The van der Waals surface area contributed by atoms with Crippen LogP contribution in [-0.4, -0.2) is 89.6 Å². The molecule has 0 bridgehead atoms. The molecule has 2 aliphatic rings. The van der Waals surface area contributed by atoms with Gasteiger partial charge in [-0.05, 0) is 89.5 Å².